The zero-order chi connectivity index (χ0) is 15.0. The Hall–Kier alpha value is -1.31. The maximum Gasteiger partial charge on any atom is 0.310 e. The molecule has 0 saturated heterocycles. The average Bonchev–Trinajstić information content (AvgIpc) is 2.45. The number of aliphatic carboxylic acids is 1. The smallest absolute Gasteiger partial charge is 0.310 e. The van der Waals surface area contributed by atoms with Crippen LogP contribution >= 0.6 is 0 Å². The minimum absolute atomic E-state index is 0.335. The number of aryl methyl sites for hydroxylation is 1. The van der Waals surface area contributed by atoms with Crippen LogP contribution in [-0.2, 0) is 17.6 Å². The summed E-state index contributed by atoms with van der Waals surface area (Å²) < 4.78 is 0. The number of rotatable bonds is 2. The molecule has 1 aromatic rings. The van der Waals surface area contributed by atoms with E-state index in [0.717, 1.165) is 32.1 Å². The molecule has 0 spiro atoms. The van der Waals surface area contributed by atoms with E-state index in [4.69, 9.17) is 0 Å². The summed E-state index contributed by atoms with van der Waals surface area (Å²) in [5, 5.41) is 10.0. The number of fused-ring (bicyclic) bond motifs is 1. The maximum atomic E-state index is 12.2. The predicted molar refractivity (Wildman–Crippen MR) is 84.2 cm³/mol. The van der Waals surface area contributed by atoms with Gasteiger partial charge in [-0.2, -0.15) is 0 Å². The van der Waals surface area contributed by atoms with Crippen LogP contribution in [-0.4, -0.2) is 11.1 Å². The first-order valence-electron chi connectivity index (χ1n) is 8.31. The van der Waals surface area contributed by atoms with E-state index in [1.54, 1.807) is 0 Å². The fourth-order valence-electron chi connectivity index (χ4n) is 4.86. The zero-order valence-corrected chi connectivity index (χ0v) is 13.1. The summed E-state index contributed by atoms with van der Waals surface area (Å²) in [4.78, 5) is 12.2. The average molecular weight is 286 g/mol. The molecule has 0 aliphatic heterocycles. The van der Waals surface area contributed by atoms with Gasteiger partial charge < -0.3 is 5.11 Å². The predicted octanol–water partition coefficient (Wildman–Crippen LogP) is 4.32. The zero-order valence-electron chi connectivity index (χ0n) is 13.1. The molecule has 1 saturated carbocycles. The molecule has 3 unspecified atom stereocenters. The summed E-state index contributed by atoms with van der Waals surface area (Å²) in [6.45, 7) is 4.57. The second kappa shape index (κ2) is 5.47. The van der Waals surface area contributed by atoms with E-state index in [9.17, 15) is 9.90 Å². The van der Waals surface area contributed by atoms with Crippen LogP contribution in [0.1, 0.15) is 50.7 Å². The molecule has 2 nitrogen and oxygen atoms in total. The molecule has 3 rings (SSSR count). The Morgan fingerprint density at radius 1 is 1.10 bits per heavy atom. The van der Waals surface area contributed by atoms with Crippen molar-refractivity contribution in [3.8, 4) is 0 Å². The Labute approximate surface area is 127 Å². The fourth-order valence-corrected chi connectivity index (χ4v) is 4.86. The second-order valence-corrected chi connectivity index (χ2v) is 7.52. The Bertz CT molecular complexity index is 526. The number of hydrogen-bond donors (Lipinski definition) is 1. The van der Waals surface area contributed by atoms with Gasteiger partial charge in [-0.05, 0) is 67.4 Å². The molecule has 1 aromatic carbocycles. The lowest BCUT2D eigenvalue weighted by molar-refractivity contribution is -0.155. The summed E-state index contributed by atoms with van der Waals surface area (Å²) in [6.07, 6.45) is 5.87. The summed E-state index contributed by atoms with van der Waals surface area (Å²) in [7, 11) is 0. The molecule has 0 amide bonds. The Balaban J connectivity index is 1.93. The third-order valence-electron chi connectivity index (χ3n) is 5.85. The van der Waals surface area contributed by atoms with Gasteiger partial charge in [-0.1, -0.05) is 38.1 Å². The first-order chi connectivity index (χ1) is 10.0. The molecule has 2 aliphatic rings. The van der Waals surface area contributed by atoms with Crippen LogP contribution in [0.3, 0.4) is 0 Å². The van der Waals surface area contributed by atoms with Crippen LogP contribution in [0.25, 0.3) is 0 Å². The van der Waals surface area contributed by atoms with Crippen LogP contribution in [0.15, 0.2) is 24.3 Å². The molecule has 114 valence electrons. The molecule has 2 heteroatoms. The number of carboxylic acid groups (broad SMARTS) is 1. The van der Waals surface area contributed by atoms with E-state index in [-0.39, 0.29) is 0 Å². The molecule has 0 bridgehead atoms. The largest absolute Gasteiger partial charge is 0.481 e. The molecule has 0 heterocycles. The van der Waals surface area contributed by atoms with E-state index in [1.165, 1.54) is 17.5 Å². The lowest BCUT2D eigenvalue weighted by atomic mass is 9.58. The van der Waals surface area contributed by atoms with Gasteiger partial charge in [0.2, 0.25) is 0 Å². The Kier molecular flexibility index (Phi) is 3.81. The van der Waals surface area contributed by atoms with Crippen LogP contribution < -0.4 is 0 Å². The van der Waals surface area contributed by atoms with Gasteiger partial charge >= 0.3 is 5.97 Å². The molecule has 3 atom stereocenters. The number of benzene rings is 1. The lowest BCUT2D eigenvalue weighted by Crippen LogP contribution is -2.46. The number of hydrogen-bond acceptors (Lipinski definition) is 1. The summed E-state index contributed by atoms with van der Waals surface area (Å²) in [6, 6.07) is 8.40. The fraction of sp³-hybridized carbons (Fsp3) is 0.632. The molecule has 0 radical (unpaired) electrons. The molecule has 1 fully saturated rings. The van der Waals surface area contributed by atoms with Crippen molar-refractivity contribution in [3.05, 3.63) is 35.4 Å². The quantitative estimate of drug-likeness (QED) is 0.879. The summed E-state index contributed by atoms with van der Waals surface area (Å²) in [5.41, 5.74) is 2.08. The molecular weight excluding hydrogens is 260 g/mol. The highest BCUT2D eigenvalue weighted by atomic mass is 16.4. The van der Waals surface area contributed by atoms with Gasteiger partial charge in [0.1, 0.15) is 0 Å². The van der Waals surface area contributed by atoms with Gasteiger partial charge in [0.25, 0.3) is 0 Å². The van der Waals surface area contributed by atoms with Crippen molar-refractivity contribution in [2.45, 2.75) is 52.4 Å². The van der Waals surface area contributed by atoms with Gasteiger partial charge in [0, 0.05) is 0 Å². The standard InChI is InChI=1S/C19H26O2/c1-13-9-14(2)11-17(10-13)19(18(20)21)8-7-15-5-3-4-6-16(15)12-19/h3-6,13-14,17H,7-12H2,1-2H3,(H,20,21). The summed E-state index contributed by atoms with van der Waals surface area (Å²) >= 11 is 0. The topological polar surface area (TPSA) is 37.3 Å². The van der Waals surface area contributed by atoms with Crippen molar-refractivity contribution in [3.63, 3.8) is 0 Å². The van der Waals surface area contributed by atoms with Crippen molar-refractivity contribution in [1.82, 2.24) is 0 Å². The van der Waals surface area contributed by atoms with Gasteiger partial charge in [-0.15, -0.1) is 0 Å². The Morgan fingerprint density at radius 3 is 2.33 bits per heavy atom. The monoisotopic (exact) mass is 286 g/mol. The van der Waals surface area contributed by atoms with Crippen LogP contribution in [0.2, 0.25) is 0 Å². The minimum Gasteiger partial charge on any atom is -0.481 e. The van der Waals surface area contributed by atoms with E-state index >= 15 is 0 Å². The van der Waals surface area contributed by atoms with Crippen molar-refractivity contribution in [2.75, 3.05) is 0 Å². The Morgan fingerprint density at radius 2 is 1.71 bits per heavy atom. The molecule has 0 aromatic heterocycles. The minimum atomic E-state index is -0.566. The number of carbonyl (C=O) groups is 1. The van der Waals surface area contributed by atoms with Crippen LogP contribution in [0.4, 0.5) is 0 Å². The first-order valence-corrected chi connectivity index (χ1v) is 8.31. The molecule has 21 heavy (non-hydrogen) atoms. The van der Waals surface area contributed by atoms with Gasteiger partial charge in [0.15, 0.2) is 0 Å². The van der Waals surface area contributed by atoms with Gasteiger partial charge in [0.05, 0.1) is 5.41 Å². The molecule has 1 N–H and O–H groups in total. The van der Waals surface area contributed by atoms with Crippen molar-refractivity contribution < 1.29 is 9.90 Å². The SMILES string of the molecule is CC1CC(C)CC(C2(C(=O)O)CCc3ccccc3C2)C1. The van der Waals surface area contributed by atoms with E-state index in [1.807, 2.05) is 6.07 Å². The van der Waals surface area contributed by atoms with E-state index in [0.29, 0.717) is 17.8 Å². The molecule has 2 aliphatic carbocycles. The number of carboxylic acids is 1. The maximum absolute atomic E-state index is 12.2. The van der Waals surface area contributed by atoms with Crippen molar-refractivity contribution in [1.29, 1.82) is 0 Å². The lowest BCUT2D eigenvalue weighted by Gasteiger charge is -2.45. The van der Waals surface area contributed by atoms with Crippen LogP contribution in [0.5, 0.6) is 0 Å². The highest BCUT2D eigenvalue weighted by Crippen LogP contribution is 2.49. The van der Waals surface area contributed by atoms with Crippen molar-refractivity contribution in [2.24, 2.45) is 23.2 Å². The third-order valence-corrected chi connectivity index (χ3v) is 5.85. The van der Waals surface area contributed by atoms with Crippen molar-refractivity contribution >= 4 is 5.97 Å². The van der Waals surface area contributed by atoms with Gasteiger partial charge in [-0.25, -0.2) is 0 Å². The second-order valence-electron chi connectivity index (χ2n) is 7.52. The van der Waals surface area contributed by atoms with Crippen LogP contribution in [0, 0.1) is 23.2 Å². The normalized spacial score (nSPS) is 36.0. The molecular formula is C19H26O2. The highest BCUT2D eigenvalue weighted by Gasteiger charge is 2.49. The van der Waals surface area contributed by atoms with E-state index < -0.39 is 11.4 Å². The summed E-state index contributed by atoms with van der Waals surface area (Å²) in [5.74, 6) is 1.09. The third kappa shape index (κ3) is 2.61. The first kappa shape index (κ1) is 14.6. The highest BCUT2D eigenvalue weighted by molar-refractivity contribution is 5.76. The van der Waals surface area contributed by atoms with Gasteiger partial charge in [-0.3, -0.25) is 4.79 Å². The van der Waals surface area contributed by atoms with E-state index in [2.05, 4.69) is 32.0 Å².